The van der Waals surface area contributed by atoms with Crippen molar-refractivity contribution < 1.29 is 4.79 Å². The second-order valence-corrected chi connectivity index (χ2v) is 6.11. The van der Waals surface area contributed by atoms with E-state index < -0.39 is 0 Å². The van der Waals surface area contributed by atoms with Crippen LogP contribution in [0.15, 0.2) is 67.0 Å². The molecule has 0 fully saturated rings. The predicted molar refractivity (Wildman–Crippen MR) is 102 cm³/mol. The molecule has 2 N–H and O–H groups in total. The maximum atomic E-state index is 12.1. The average molecular weight is 331 g/mol. The van der Waals surface area contributed by atoms with Crippen LogP contribution in [0, 0.1) is 13.8 Å². The van der Waals surface area contributed by atoms with Gasteiger partial charge in [-0.3, -0.25) is 4.98 Å². The highest BCUT2D eigenvalue weighted by atomic mass is 16.2. The van der Waals surface area contributed by atoms with Gasteiger partial charge in [-0.1, -0.05) is 18.2 Å². The Morgan fingerprint density at radius 3 is 2.08 bits per heavy atom. The van der Waals surface area contributed by atoms with Crippen LogP contribution in [0.4, 0.5) is 16.2 Å². The molecule has 3 rings (SSSR count). The molecule has 0 saturated heterocycles. The molecule has 25 heavy (non-hydrogen) atoms. The molecule has 4 nitrogen and oxygen atoms in total. The van der Waals surface area contributed by atoms with Gasteiger partial charge in [0.25, 0.3) is 0 Å². The molecule has 0 spiro atoms. The first-order chi connectivity index (χ1) is 12.1. The highest BCUT2D eigenvalue weighted by Gasteiger charge is 2.04. The minimum Gasteiger partial charge on any atom is -0.308 e. The van der Waals surface area contributed by atoms with Crippen molar-refractivity contribution >= 4 is 17.4 Å². The molecule has 0 aliphatic carbocycles. The molecule has 0 bridgehead atoms. The minimum absolute atomic E-state index is 0.245. The molecular formula is C21H21N3O. The van der Waals surface area contributed by atoms with Gasteiger partial charge in [0.05, 0.1) is 0 Å². The molecule has 0 unspecified atom stereocenters. The van der Waals surface area contributed by atoms with Crippen molar-refractivity contribution in [1.29, 1.82) is 0 Å². The number of hydrogen-bond acceptors (Lipinski definition) is 2. The van der Waals surface area contributed by atoms with E-state index in [1.807, 2.05) is 68.4 Å². The fraction of sp³-hybridized carbons (Fsp3) is 0.143. The summed E-state index contributed by atoms with van der Waals surface area (Å²) < 4.78 is 0. The van der Waals surface area contributed by atoms with Gasteiger partial charge in [0.2, 0.25) is 0 Å². The van der Waals surface area contributed by atoms with Gasteiger partial charge in [-0.15, -0.1) is 0 Å². The summed E-state index contributed by atoms with van der Waals surface area (Å²) in [5.41, 5.74) is 6.30. The van der Waals surface area contributed by atoms with Crippen LogP contribution in [-0.4, -0.2) is 11.0 Å². The van der Waals surface area contributed by atoms with E-state index in [1.165, 1.54) is 16.7 Å². The molecule has 126 valence electrons. The highest BCUT2D eigenvalue weighted by Crippen LogP contribution is 2.16. The molecular weight excluding hydrogens is 310 g/mol. The Labute approximate surface area is 147 Å². The minimum atomic E-state index is -0.245. The van der Waals surface area contributed by atoms with E-state index in [4.69, 9.17) is 0 Å². The van der Waals surface area contributed by atoms with E-state index in [9.17, 15) is 4.79 Å². The lowest BCUT2D eigenvalue weighted by molar-refractivity contribution is 0.262. The van der Waals surface area contributed by atoms with Crippen LogP contribution in [-0.2, 0) is 6.42 Å². The Morgan fingerprint density at radius 1 is 0.800 bits per heavy atom. The standard InChI is InChI=1S/C21H21N3O/c1-15-3-6-20(13-16(15)2)24-21(25)23-19-7-4-17(5-8-19)14-18-9-11-22-12-10-18/h3-13H,14H2,1-2H3,(H2,23,24,25). The number of anilines is 2. The van der Waals surface area contributed by atoms with E-state index in [2.05, 4.69) is 15.6 Å². The largest absolute Gasteiger partial charge is 0.323 e. The van der Waals surface area contributed by atoms with E-state index in [0.29, 0.717) is 0 Å². The van der Waals surface area contributed by atoms with Gasteiger partial charge in [-0.2, -0.15) is 0 Å². The van der Waals surface area contributed by atoms with Crippen molar-refractivity contribution in [3.8, 4) is 0 Å². The quantitative estimate of drug-likeness (QED) is 0.712. The summed E-state index contributed by atoms with van der Waals surface area (Å²) in [6.07, 6.45) is 4.43. The number of pyridine rings is 1. The molecule has 4 heteroatoms. The van der Waals surface area contributed by atoms with Gasteiger partial charge in [-0.25, -0.2) is 4.79 Å². The molecule has 3 aromatic rings. The maximum Gasteiger partial charge on any atom is 0.323 e. The normalized spacial score (nSPS) is 10.3. The number of aromatic nitrogens is 1. The van der Waals surface area contributed by atoms with E-state index in [1.54, 1.807) is 12.4 Å². The van der Waals surface area contributed by atoms with Crippen LogP contribution in [0.3, 0.4) is 0 Å². The topological polar surface area (TPSA) is 54.0 Å². The van der Waals surface area contributed by atoms with Gasteiger partial charge < -0.3 is 10.6 Å². The van der Waals surface area contributed by atoms with Crippen LogP contribution in [0.5, 0.6) is 0 Å². The Bertz CT molecular complexity index is 858. The lowest BCUT2D eigenvalue weighted by atomic mass is 10.1. The Kier molecular flexibility index (Phi) is 5.09. The highest BCUT2D eigenvalue weighted by molar-refractivity contribution is 5.99. The predicted octanol–water partition coefficient (Wildman–Crippen LogP) is 4.93. The number of amides is 2. The van der Waals surface area contributed by atoms with Crippen molar-refractivity contribution in [3.05, 3.63) is 89.2 Å². The van der Waals surface area contributed by atoms with Crippen molar-refractivity contribution in [1.82, 2.24) is 4.98 Å². The number of rotatable bonds is 4. The number of carbonyl (C=O) groups is 1. The number of carbonyl (C=O) groups excluding carboxylic acids is 1. The first kappa shape index (κ1) is 16.7. The van der Waals surface area contributed by atoms with Gasteiger partial charge >= 0.3 is 6.03 Å². The summed E-state index contributed by atoms with van der Waals surface area (Å²) in [6.45, 7) is 4.08. The lowest BCUT2D eigenvalue weighted by Gasteiger charge is -2.10. The molecule has 0 aliphatic rings. The molecule has 0 radical (unpaired) electrons. The zero-order chi connectivity index (χ0) is 17.6. The molecule has 1 aromatic heterocycles. The SMILES string of the molecule is Cc1ccc(NC(=O)Nc2ccc(Cc3ccncc3)cc2)cc1C. The fourth-order valence-electron chi connectivity index (χ4n) is 2.55. The van der Waals surface area contributed by atoms with Crippen LogP contribution < -0.4 is 10.6 Å². The van der Waals surface area contributed by atoms with E-state index in [0.717, 1.165) is 23.4 Å². The van der Waals surface area contributed by atoms with Crippen LogP contribution >= 0.6 is 0 Å². The molecule has 2 aromatic carbocycles. The van der Waals surface area contributed by atoms with Crippen molar-refractivity contribution in [2.24, 2.45) is 0 Å². The van der Waals surface area contributed by atoms with Gasteiger partial charge in [-0.05, 0) is 78.9 Å². The third kappa shape index (κ3) is 4.67. The second-order valence-electron chi connectivity index (χ2n) is 6.11. The lowest BCUT2D eigenvalue weighted by Crippen LogP contribution is -2.19. The van der Waals surface area contributed by atoms with Gasteiger partial charge in [0, 0.05) is 23.8 Å². The fourth-order valence-corrected chi connectivity index (χ4v) is 2.55. The number of nitrogens with zero attached hydrogens (tertiary/aromatic N) is 1. The smallest absolute Gasteiger partial charge is 0.308 e. The zero-order valence-corrected chi connectivity index (χ0v) is 14.4. The number of benzene rings is 2. The first-order valence-corrected chi connectivity index (χ1v) is 8.23. The second kappa shape index (κ2) is 7.62. The summed E-state index contributed by atoms with van der Waals surface area (Å²) >= 11 is 0. The van der Waals surface area contributed by atoms with Gasteiger partial charge in [0.15, 0.2) is 0 Å². The van der Waals surface area contributed by atoms with Gasteiger partial charge in [0.1, 0.15) is 0 Å². The van der Waals surface area contributed by atoms with Crippen molar-refractivity contribution in [2.45, 2.75) is 20.3 Å². The molecule has 0 atom stereocenters. The Hall–Kier alpha value is -3.14. The number of hydrogen-bond donors (Lipinski definition) is 2. The summed E-state index contributed by atoms with van der Waals surface area (Å²) in [6, 6.07) is 17.5. The Morgan fingerprint density at radius 2 is 1.40 bits per heavy atom. The molecule has 0 aliphatic heterocycles. The van der Waals surface area contributed by atoms with Crippen molar-refractivity contribution in [2.75, 3.05) is 10.6 Å². The Balaban J connectivity index is 1.59. The monoisotopic (exact) mass is 331 g/mol. The third-order valence-electron chi connectivity index (χ3n) is 4.13. The summed E-state index contributed by atoms with van der Waals surface area (Å²) in [7, 11) is 0. The van der Waals surface area contributed by atoms with Crippen molar-refractivity contribution in [3.63, 3.8) is 0 Å². The van der Waals surface area contributed by atoms with Crippen LogP contribution in [0.1, 0.15) is 22.3 Å². The summed E-state index contributed by atoms with van der Waals surface area (Å²) in [5, 5.41) is 5.71. The summed E-state index contributed by atoms with van der Waals surface area (Å²) in [5.74, 6) is 0. The number of urea groups is 1. The van der Waals surface area contributed by atoms with E-state index >= 15 is 0 Å². The van der Waals surface area contributed by atoms with Crippen LogP contribution in [0.2, 0.25) is 0 Å². The number of nitrogens with one attached hydrogen (secondary N) is 2. The zero-order valence-electron chi connectivity index (χ0n) is 14.4. The average Bonchev–Trinajstić information content (AvgIpc) is 2.61. The molecule has 1 heterocycles. The molecule has 2 amide bonds. The van der Waals surface area contributed by atoms with Crippen LogP contribution in [0.25, 0.3) is 0 Å². The number of aryl methyl sites for hydroxylation is 2. The maximum absolute atomic E-state index is 12.1. The third-order valence-corrected chi connectivity index (χ3v) is 4.13. The first-order valence-electron chi connectivity index (χ1n) is 8.23. The summed E-state index contributed by atoms with van der Waals surface area (Å²) in [4.78, 5) is 16.1. The molecule has 0 saturated carbocycles. The van der Waals surface area contributed by atoms with E-state index in [-0.39, 0.29) is 6.03 Å².